The minimum Gasteiger partial charge on any atom is -0.480 e. The number of amides is 2. The highest BCUT2D eigenvalue weighted by Crippen LogP contribution is 2.24. The van der Waals surface area contributed by atoms with Crippen LogP contribution < -0.4 is 10.6 Å². The van der Waals surface area contributed by atoms with Crippen molar-refractivity contribution < 1.29 is 34.1 Å². The lowest BCUT2D eigenvalue weighted by atomic mass is 10.1. The summed E-state index contributed by atoms with van der Waals surface area (Å²) in [6, 6.07) is 5.89. The van der Waals surface area contributed by atoms with Gasteiger partial charge < -0.3 is 30.3 Å². The topological polar surface area (TPSA) is 147 Å². The molecule has 0 fully saturated rings. The number of thiazole rings is 1. The Labute approximate surface area is 176 Å². The lowest BCUT2D eigenvalue weighted by Crippen LogP contribution is -2.43. The van der Waals surface area contributed by atoms with E-state index < -0.39 is 24.5 Å². The number of aliphatic hydroxyl groups is 1. The predicted octanol–water partition coefficient (Wildman–Crippen LogP) is 0.265. The van der Waals surface area contributed by atoms with Crippen LogP contribution >= 0.6 is 11.3 Å². The Morgan fingerprint density at radius 2 is 1.93 bits per heavy atom. The number of nitrogens with one attached hydrogen (secondary N) is 2. The zero-order valence-electron chi connectivity index (χ0n) is 16.3. The Morgan fingerprint density at radius 1 is 1.20 bits per heavy atom. The Kier molecular flexibility index (Phi) is 9.35. The molecule has 2 rings (SSSR count). The standard InChI is InChI=1S/C19H23N3O7S/c1-28-6-7-29-10-16(24)20-8-12-2-4-13(5-3-12)18-22-15(11-30-18)17(25)21-14(9-23)19(26)27/h2-5,11,14,23H,6-10H2,1H3,(H,20,24)(H,21,25)(H,26,27)/t14-/m0/s1. The molecule has 2 amide bonds. The van der Waals surface area contributed by atoms with Crippen LogP contribution in [0.1, 0.15) is 16.1 Å². The molecule has 4 N–H and O–H groups in total. The van der Waals surface area contributed by atoms with Crippen LogP contribution in [0.25, 0.3) is 10.6 Å². The number of hydrogen-bond donors (Lipinski definition) is 4. The minimum absolute atomic E-state index is 0.0373. The zero-order chi connectivity index (χ0) is 21.9. The SMILES string of the molecule is COCCOCC(=O)NCc1ccc(-c2nc(C(=O)N[C@@H](CO)C(=O)O)cs2)cc1. The molecule has 30 heavy (non-hydrogen) atoms. The van der Waals surface area contributed by atoms with E-state index >= 15 is 0 Å². The Morgan fingerprint density at radius 3 is 2.57 bits per heavy atom. The first-order valence-corrected chi connectivity index (χ1v) is 9.85. The Balaban J connectivity index is 1.88. The highest BCUT2D eigenvalue weighted by atomic mass is 32.1. The molecule has 0 radical (unpaired) electrons. The van der Waals surface area contributed by atoms with Crippen molar-refractivity contribution in [2.45, 2.75) is 12.6 Å². The number of aliphatic carboxylic acids is 1. The molecule has 1 heterocycles. The summed E-state index contributed by atoms with van der Waals surface area (Å²) < 4.78 is 9.97. The van der Waals surface area contributed by atoms with Crippen LogP contribution in [0.2, 0.25) is 0 Å². The zero-order valence-corrected chi connectivity index (χ0v) is 17.1. The van der Waals surface area contributed by atoms with Gasteiger partial charge in [0.2, 0.25) is 5.91 Å². The summed E-state index contributed by atoms with van der Waals surface area (Å²) in [5.41, 5.74) is 1.72. The molecule has 11 heteroatoms. The fraction of sp³-hybridized carbons (Fsp3) is 0.368. The average molecular weight is 437 g/mol. The van der Waals surface area contributed by atoms with E-state index in [4.69, 9.17) is 19.7 Å². The van der Waals surface area contributed by atoms with E-state index in [-0.39, 0.29) is 18.2 Å². The summed E-state index contributed by atoms with van der Waals surface area (Å²) in [7, 11) is 1.56. The average Bonchev–Trinajstić information content (AvgIpc) is 3.24. The Bertz CT molecular complexity index is 854. The van der Waals surface area contributed by atoms with Gasteiger partial charge in [-0.15, -0.1) is 11.3 Å². The quantitative estimate of drug-likeness (QED) is 0.346. The summed E-state index contributed by atoms with van der Waals surface area (Å²) >= 11 is 1.23. The summed E-state index contributed by atoms with van der Waals surface area (Å²) in [5, 5.41) is 24.9. The maximum Gasteiger partial charge on any atom is 0.328 e. The number of carbonyl (C=O) groups is 3. The van der Waals surface area contributed by atoms with Crippen LogP contribution in [0.15, 0.2) is 29.6 Å². The maximum atomic E-state index is 12.1. The van der Waals surface area contributed by atoms with E-state index in [1.54, 1.807) is 7.11 Å². The number of methoxy groups -OCH3 is 1. The van der Waals surface area contributed by atoms with E-state index in [0.717, 1.165) is 11.1 Å². The summed E-state index contributed by atoms with van der Waals surface area (Å²) in [4.78, 5) is 38.9. The van der Waals surface area contributed by atoms with Crippen molar-refractivity contribution in [2.24, 2.45) is 0 Å². The Hall–Kier alpha value is -2.86. The maximum absolute atomic E-state index is 12.1. The first-order chi connectivity index (χ1) is 14.4. The first kappa shape index (κ1) is 23.4. The second-order valence-corrected chi connectivity index (χ2v) is 6.96. The molecule has 0 aliphatic carbocycles. The summed E-state index contributed by atoms with van der Waals surface area (Å²) in [6.45, 7) is 0.371. The minimum atomic E-state index is -1.39. The molecule has 0 aliphatic rings. The second kappa shape index (κ2) is 12.0. The van der Waals surface area contributed by atoms with E-state index in [9.17, 15) is 14.4 Å². The van der Waals surface area contributed by atoms with Crippen LogP contribution in [0.3, 0.4) is 0 Å². The number of carbonyl (C=O) groups excluding carboxylic acids is 2. The van der Waals surface area contributed by atoms with Crippen molar-refractivity contribution in [3.63, 3.8) is 0 Å². The number of aliphatic hydroxyl groups excluding tert-OH is 1. The van der Waals surface area contributed by atoms with Crippen molar-refractivity contribution >= 4 is 29.1 Å². The number of nitrogens with zero attached hydrogens (tertiary/aromatic N) is 1. The summed E-state index contributed by atoms with van der Waals surface area (Å²) in [5.74, 6) is -2.23. The third kappa shape index (κ3) is 7.19. The van der Waals surface area contributed by atoms with Crippen LogP contribution in [0, 0.1) is 0 Å². The normalized spacial score (nSPS) is 11.7. The van der Waals surface area contributed by atoms with Gasteiger partial charge in [-0.2, -0.15) is 0 Å². The largest absolute Gasteiger partial charge is 0.480 e. The predicted molar refractivity (Wildman–Crippen MR) is 108 cm³/mol. The van der Waals surface area contributed by atoms with Gasteiger partial charge in [0.1, 0.15) is 17.3 Å². The number of hydrogen-bond acceptors (Lipinski definition) is 8. The fourth-order valence-corrected chi connectivity index (χ4v) is 3.06. The lowest BCUT2D eigenvalue weighted by molar-refractivity contribution is -0.140. The molecular weight excluding hydrogens is 414 g/mol. The highest BCUT2D eigenvalue weighted by molar-refractivity contribution is 7.13. The van der Waals surface area contributed by atoms with Gasteiger partial charge in [-0.3, -0.25) is 9.59 Å². The molecule has 1 aromatic carbocycles. The molecule has 10 nitrogen and oxygen atoms in total. The molecule has 0 saturated heterocycles. The molecule has 0 aliphatic heterocycles. The number of carboxylic acids is 1. The second-order valence-electron chi connectivity index (χ2n) is 6.10. The van der Waals surface area contributed by atoms with Crippen LogP contribution in [0.4, 0.5) is 0 Å². The van der Waals surface area contributed by atoms with Crippen molar-refractivity contribution in [1.82, 2.24) is 15.6 Å². The third-order valence-electron chi connectivity index (χ3n) is 3.88. The fourth-order valence-electron chi connectivity index (χ4n) is 2.25. The van der Waals surface area contributed by atoms with E-state index in [1.807, 2.05) is 24.3 Å². The number of ether oxygens (including phenoxy) is 2. The van der Waals surface area contributed by atoms with Gasteiger partial charge in [0.15, 0.2) is 6.04 Å². The molecule has 1 atom stereocenters. The molecule has 2 aromatic rings. The monoisotopic (exact) mass is 437 g/mol. The van der Waals surface area contributed by atoms with Crippen molar-refractivity contribution in [3.8, 4) is 10.6 Å². The third-order valence-corrected chi connectivity index (χ3v) is 4.77. The molecule has 162 valence electrons. The van der Waals surface area contributed by atoms with Gasteiger partial charge >= 0.3 is 5.97 Å². The van der Waals surface area contributed by atoms with Crippen molar-refractivity contribution in [1.29, 1.82) is 0 Å². The molecular formula is C19H23N3O7S. The van der Waals surface area contributed by atoms with Crippen molar-refractivity contribution in [2.75, 3.05) is 33.5 Å². The molecule has 1 aromatic heterocycles. The van der Waals surface area contributed by atoms with Gasteiger partial charge in [-0.25, -0.2) is 9.78 Å². The summed E-state index contributed by atoms with van der Waals surface area (Å²) in [6.07, 6.45) is 0. The number of benzene rings is 1. The lowest BCUT2D eigenvalue weighted by Gasteiger charge is -2.09. The van der Waals surface area contributed by atoms with Crippen molar-refractivity contribution in [3.05, 3.63) is 40.9 Å². The van der Waals surface area contributed by atoms with Crippen LogP contribution in [-0.2, 0) is 25.6 Å². The van der Waals surface area contributed by atoms with Gasteiger partial charge in [-0.05, 0) is 5.56 Å². The smallest absolute Gasteiger partial charge is 0.328 e. The van der Waals surface area contributed by atoms with Gasteiger partial charge in [0.05, 0.1) is 19.8 Å². The van der Waals surface area contributed by atoms with E-state index in [0.29, 0.717) is 24.8 Å². The number of aromatic nitrogens is 1. The molecule has 0 saturated carbocycles. The van der Waals surface area contributed by atoms with Crippen LogP contribution in [0.5, 0.6) is 0 Å². The van der Waals surface area contributed by atoms with E-state index in [1.165, 1.54) is 16.7 Å². The van der Waals surface area contributed by atoms with Gasteiger partial charge in [0.25, 0.3) is 5.91 Å². The highest BCUT2D eigenvalue weighted by Gasteiger charge is 2.21. The first-order valence-electron chi connectivity index (χ1n) is 8.97. The van der Waals surface area contributed by atoms with Gasteiger partial charge in [-0.1, -0.05) is 24.3 Å². The van der Waals surface area contributed by atoms with E-state index in [2.05, 4.69) is 15.6 Å². The molecule has 0 bridgehead atoms. The van der Waals surface area contributed by atoms with Crippen LogP contribution in [-0.4, -0.2) is 72.6 Å². The number of rotatable bonds is 12. The number of carboxylic acid groups (broad SMARTS) is 1. The molecule has 0 unspecified atom stereocenters. The molecule has 0 spiro atoms. The van der Waals surface area contributed by atoms with Gasteiger partial charge in [0, 0.05) is 24.6 Å².